The molecule has 1 fully saturated rings. The zero-order valence-corrected chi connectivity index (χ0v) is 14.3. The molecular weight excluding hydrogens is 372 g/mol. The second-order valence-corrected chi connectivity index (χ2v) is 6.94. The topological polar surface area (TPSA) is 29.5 Å². The van der Waals surface area contributed by atoms with E-state index in [1.165, 1.54) is 19.3 Å². The lowest BCUT2D eigenvalue weighted by molar-refractivity contribution is 0.120. The monoisotopic (exact) mass is 390 g/mol. The Kier molecular flexibility index (Phi) is 5.72. The molecule has 0 aromatic heterocycles. The van der Waals surface area contributed by atoms with Crippen LogP contribution >= 0.6 is 31.9 Å². The van der Waals surface area contributed by atoms with Crippen LogP contribution in [-0.4, -0.2) is 11.2 Å². The molecule has 106 valence electrons. The molecule has 4 heteroatoms. The van der Waals surface area contributed by atoms with Crippen molar-refractivity contribution in [3.63, 3.8) is 0 Å². The maximum atomic E-state index is 9.18. The second kappa shape index (κ2) is 7.09. The molecule has 1 aliphatic rings. The summed E-state index contributed by atoms with van der Waals surface area (Å²) in [4.78, 5) is 0. The summed E-state index contributed by atoms with van der Waals surface area (Å²) in [5.74, 6) is 1.66. The van der Waals surface area contributed by atoms with Crippen molar-refractivity contribution in [3.05, 3.63) is 26.6 Å². The fraction of sp³-hybridized carbons (Fsp3) is 0.600. The van der Waals surface area contributed by atoms with Crippen LogP contribution in [0.2, 0.25) is 0 Å². The third-order valence-corrected chi connectivity index (χ3v) is 5.02. The van der Waals surface area contributed by atoms with Gasteiger partial charge in [0.05, 0.1) is 21.7 Å². The summed E-state index contributed by atoms with van der Waals surface area (Å²) < 4.78 is 7.99. The van der Waals surface area contributed by atoms with Crippen molar-refractivity contribution in [3.8, 4) is 5.75 Å². The lowest BCUT2D eigenvalue weighted by Crippen LogP contribution is -2.25. The maximum absolute atomic E-state index is 9.18. The zero-order valence-electron chi connectivity index (χ0n) is 11.2. The molecule has 0 heterocycles. The first kappa shape index (κ1) is 15.3. The molecule has 2 rings (SSSR count). The number of hydrogen-bond acceptors (Lipinski definition) is 2. The van der Waals surface area contributed by atoms with Gasteiger partial charge in [-0.25, -0.2) is 0 Å². The molecule has 2 nitrogen and oxygen atoms in total. The van der Waals surface area contributed by atoms with Crippen LogP contribution in [0.25, 0.3) is 0 Å². The van der Waals surface area contributed by atoms with E-state index in [1.807, 2.05) is 12.1 Å². The van der Waals surface area contributed by atoms with E-state index >= 15 is 0 Å². The Labute approximate surface area is 131 Å². The zero-order chi connectivity index (χ0) is 13.8. The molecule has 0 amide bonds. The summed E-state index contributed by atoms with van der Waals surface area (Å²) in [5, 5.41) is 9.18. The van der Waals surface area contributed by atoms with Gasteiger partial charge in [0.25, 0.3) is 0 Å². The van der Waals surface area contributed by atoms with Crippen LogP contribution in [0.1, 0.15) is 44.6 Å². The van der Waals surface area contributed by atoms with Crippen LogP contribution in [0, 0.1) is 5.92 Å². The average Bonchev–Trinajstić information content (AvgIpc) is 2.42. The van der Waals surface area contributed by atoms with Crippen LogP contribution in [0.15, 0.2) is 21.1 Å². The first-order valence-electron chi connectivity index (χ1n) is 6.89. The molecule has 2 unspecified atom stereocenters. The van der Waals surface area contributed by atoms with E-state index in [0.717, 1.165) is 39.0 Å². The maximum Gasteiger partial charge on any atom is 0.148 e. The van der Waals surface area contributed by atoms with Crippen LogP contribution in [0.5, 0.6) is 5.75 Å². The third-order valence-electron chi connectivity index (χ3n) is 3.84. The molecule has 19 heavy (non-hydrogen) atoms. The summed E-state index contributed by atoms with van der Waals surface area (Å²) in [6.07, 6.45) is 6.43. The predicted octanol–water partition coefficient (Wildman–Crippen LogP) is 5.05. The van der Waals surface area contributed by atoms with E-state index in [0.29, 0.717) is 6.10 Å². The number of benzene rings is 1. The fourth-order valence-corrected chi connectivity index (χ4v) is 4.17. The van der Waals surface area contributed by atoms with Crippen molar-refractivity contribution >= 4 is 31.9 Å². The summed E-state index contributed by atoms with van der Waals surface area (Å²) in [5.41, 5.74) is 0.876. The Hall–Kier alpha value is -0.0600. The molecule has 1 saturated carbocycles. The molecule has 2 atom stereocenters. The number of halogens is 2. The van der Waals surface area contributed by atoms with Crippen LogP contribution in [0.4, 0.5) is 0 Å². The van der Waals surface area contributed by atoms with Crippen molar-refractivity contribution in [1.82, 2.24) is 0 Å². The molecule has 0 spiro atoms. The largest absolute Gasteiger partial charge is 0.488 e. The van der Waals surface area contributed by atoms with Crippen molar-refractivity contribution < 1.29 is 9.84 Å². The molecular formula is C15H20Br2O2. The molecule has 1 aliphatic carbocycles. The van der Waals surface area contributed by atoms with E-state index in [9.17, 15) is 5.11 Å². The minimum Gasteiger partial charge on any atom is -0.488 e. The summed E-state index contributed by atoms with van der Waals surface area (Å²) in [6, 6.07) is 3.83. The Morgan fingerprint density at radius 3 is 2.53 bits per heavy atom. The summed E-state index contributed by atoms with van der Waals surface area (Å²) in [6.45, 7) is 2.30. The molecule has 1 aromatic rings. The Balaban J connectivity index is 2.10. The fourth-order valence-electron chi connectivity index (χ4n) is 2.70. The van der Waals surface area contributed by atoms with E-state index in [2.05, 4.69) is 38.8 Å². The molecule has 1 N–H and O–H groups in total. The number of rotatable bonds is 4. The Morgan fingerprint density at radius 1 is 1.26 bits per heavy atom. The molecule has 1 aromatic carbocycles. The number of aliphatic hydroxyl groups excluding tert-OH is 1. The van der Waals surface area contributed by atoms with Gasteiger partial charge < -0.3 is 9.84 Å². The first-order chi connectivity index (χ1) is 9.13. The first-order valence-corrected chi connectivity index (χ1v) is 8.48. The Morgan fingerprint density at radius 2 is 1.95 bits per heavy atom. The average molecular weight is 392 g/mol. The smallest absolute Gasteiger partial charge is 0.148 e. The second-order valence-electron chi connectivity index (χ2n) is 5.23. The van der Waals surface area contributed by atoms with E-state index in [-0.39, 0.29) is 6.61 Å². The number of hydrogen-bond donors (Lipinski definition) is 1. The van der Waals surface area contributed by atoms with Crippen LogP contribution < -0.4 is 4.74 Å². The number of ether oxygens (including phenoxy) is 1. The van der Waals surface area contributed by atoms with Gasteiger partial charge in [0.15, 0.2) is 0 Å². The van der Waals surface area contributed by atoms with E-state index < -0.39 is 0 Å². The minimum absolute atomic E-state index is 0.0405. The predicted molar refractivity (Wildman–Crippen MR) is 84.4 cm³/mol. The van der Waals surface area contributed by atoms with Gasteiger partial charge >= 0.3 is 0 Å². The Bertz CT molecular complexity index is 411. The molecule has 0 bridgehead atoms. The normalized spacial score (nSPS) is 23.4. The minimum atomic E-state index is 0.0405. The van der Waals surface area contributed by atoms with Crippen molar-refractivity contribution in [2.75, 3.05) is 0 Å². The van der Waals surface area contributed by atoms with Crippen molar-refractivity contribution in [2.24, 2.45) is 5.92 Å². The van der Waals surface area contributed by atoms with Gasteiger partial charge in [-0.15, -0.1) is 0 Å². The van der Waals surface area contributed by atoms with Gasteiger partial charge in [-0.3, -0.25) is 0 Å². The van der Waals surface area contributed by atoms with Gasteiger partial charge in [-0.1, -0.05) is 19.8 Å². The highest BCUT2D eigenvalue weighted by molar-refractivity contribution is 9.11. The van der Waals surface area contributed by atoms with E-state index in [1.54, 1.807) is 0 Å². The van der Waals surface area contributed by atoms with E-state index in [4.69, 9.17) is 4.74 Å². The van der Waals surface area contributed by atoms with Crippen molar-refractivity contribution in [2.45, 2.75) is 51.7 Å². The number of aliphatic hydroxyl groups is 1. The van der Waals surface area contributed by atoms with Gasteiger partial charge in [0.1, 0.15) is 5.75 Å². The van der Waals surface area contributed by atoms with Gasteiger partial charge in [-0.05, 0) is 74.7 Å². The molecule has 0 saturated heterocycles. The third kappa shape index (κ3) is 3.96. The quantitative estimate of drug-likeness (QED) is 0.777. The highest BCUT2D eigenvalue weighted by Crippen LogP contribution is 2.38. The van der Waals surface area contributed by atoms with Gasteiger partial charge in [0.2, 0.25) is 0 Å². The standard InChI is InChI=1S/C15H20Br2O2/c1-2-10-4-3-5-12(6-10)19-15-13(16)7-11(9-18)8-14(15)17/h7-8,10,12,18H,2-6,9H2,1H3. The highest BCUT2D eigenvalue weighted by Gasteiger charge is 2.23. The summed E-state index contributed by atoms with van der Waals surface area (Å²) in [7, 11) is 0. The SMILES string of the molecule is CCC1CCCC(Oc2c(Br)cc(CO)cc2Br)C1. The van der Waals surface area contributed by atoms with Gasteiger partial charge in [-0.2, -0.15) is 0 Å². The lowest BCUT2D eigenvalue weighted by Gasteiger charge is -2.29. The van der Waals surface area contributed by atoms with Gasteiger partial charge in [0, 0.05) is 0 Å². The van der Waals surface area contributed by atoms with Crippen LogP contribution in [0.3, 0.4) is 0 Å². The van der Waals surface area contributed by atoms with Crippen LogP contribution in [-0.2, 0) is 6.61 Å². The van der Waals surface area contributed by atoms with Crippen molar-refractivity contribution in [1.29, 1.82) is 0 Å². The molecule has 0 aliphatic heterocycles. The summed E-state index contributed by atoms with van der Waals surface area (Å²) >= 11 is 7.06. The lowest BCUT2D eigenvalue weighted by atomic mass is 9.85. The molecule has 0 radical (unpaired) electrons. The highest BCUT2D eigenvalue weighted by atomic mass is 79.9.